The zero-order valence-corrected chi connectivity index (χ0v) is 40.0. The summed E-state index contributed by atoms with van der Waals surface area (Å²) < 4.78 is 39.9. The highest BCUT2D eigenvalue weighted by atomic mass is 16.5. The van der Waals surface area contributed by atoms with E-state index < -0.39 is 54.7 Å². The SMILES string of the molecule is COC(=O)c1cn(C(n2cc(CN(Cc3cn(C(n4cc(C(=O)OC)nn4)n4cc(C(=O)OC)nn4)nn3)Cc3cn(C(n4cc(C(=O)OC)nn4)n4cc(C(=O)OC)nn4)nn3)nn2)n2cc(C(=O)OC)nn2)nn1. The molecule has 9 aromatic heterocycles. The molecule has 392 valence electrons. The van der Waals surface area contributed by atoms with Crippen molar-refractivity contribution in [3.63, 3.8) is 0 Å². The summed E-state index contributed by atoms with van der Waals surface area (Å²) in [5.74, 6) is -4.75. The second-order valence-corrected chi connectivity index (χ2v) is 15.2. The lowest BCUT2D eigenvalue weighted by atomic mass is 10.3. The Bertz CT molecular complexity index is 3030. The van der Waals surface area contributed by atoms with E-state index in [1.54, 1.807) is 4.90 Å². The van der Waals surface area contributed by atoms with Crippen LogP contribution in [0.1, 0.15) is 98.9 Å². The highest BCUT2D eigenvalue weighted by molar-refractivity contribution is 5.88. The summed E-state index contributed by atoms with van der Waals surface area (Å²) in [6.45, 7) is -0.116. The summed E-state index contributed by atoms with van der Waals surface area (Å²) in [6.07, 6.45) is 8.45. The molecule has 0 aliphatic carbocycles. The third-order valence-electron chi connectivity index (χ3n) is 10.4. The molecule has 0 aliphatic heterocycles. The van der Waals surface area contributed by atoms with Crippen LogP contribution in [0.25, 0.3) is 0 Å². The first-order valence-electron chi connectivity index (χ1n) is 21.3. The molecule has 0 unspecified atom stereocenters. The number of aromatic nitrogens is 27. The normalized spacial score (nSPS) is 11.4. The third kappa shape index (κ3) is 10.2. The van der Waals surface area contributed by atoms with Crippen LogP contribution in [0.4, 0.5) is 0 Å². The number of rotatable bonds is 21. The Morgan fingerprint density at radius 3 is 0.671 bits per heavy atom. The second-order valence-electron chi connectivity index (χ2n) is 15.2. The van der Waals surface area contributed by atoms with Crippen molar-refractivity contribution in [2.45, 2.75) is 38.5 Å². The minimum atomic E-state index is -1.21. The van der Waals surface area contributed by atoms with Gasteiger partial charge in [0.05, 0.1) is 116 Å². The fraction of sp³-hybridized carbons (Fsp3) is 0.333. The Hall–Kier alpha value is -11.0. The second kappa shape index (κ2) is 21.4. The molecule has 0 N–H and O–H groups in total. The van der Waals surface area contributed by atoms with Crippen molar-refractivity contribution in [2.75, 3.05) is 42.7 Å². The van der Waals surface area contributed by atoms with Crippen molar-refractivity contribution in [2.24, 2.45) is 0 Å². The molecule has 0 saturated heterocycles. The molecule has 40 nitrogen and oxygen atoms in total. The number of carbonyl (C=O) groups excluding carboxylic acids is 6. The van der Waals surface area contributed by atoms with Gasteiger partial charge in [0.2, 0.25) is 18.9 Å². The summed E-state index contributed by atoms with van der Waals surface area (Å²) in [5.41, 5.74) is -0.107. The van der Waals surface area contributed by atoms with E-state index in [1.807, 2.05) is 0 Å². The molecule has 76 heavy (non-hydrogen) atoms. The number of methoxy groups -OCH3 is 6. The molecule has 9 aromatic rings. The van der Waals surface area contributed by atoms with Crippen LogP contribution in [0, 0.1) is 0 Å². The van der Waals surface area contributed by atoms with Crippen molar-refractivity contribution in [3.8, 4) is 0 Å². The predicted octanol–water partition coefficient (Wildman–Crippen LogP) is -4.41. The van der Waals surface area contributed by atoms with Crippen molar-refractivity contribution in [1.82, 2.24) is 140 Å². The molecule has 0 amide bonds. The summed E-state index contributed by atoms with van der Waals surface area (Å²) >= 11 is 0. The van der Waals surface area contributed by atoms with Gasteiger partial charge in [-0.15, -0.1) is 45.9 Å². The van der Waals surface area contributed by atoms with Crippen LogP contribution < -0.4 is 0 Å². The van der Waals surface area contributed by atoms with Crippen LogP contribution in [-0.2, 0) is 48.1 Å². The first kappa shape index (κ1) is 50.0. The van der Waals surface area contributed by atoms with Crippen molar-refractivity contribution in [3.05, 3.63) is 107 Å². The number of hydrogen-bond donors (Lipinski definition) is 0. The summed E-state index contributed by atoms with van der Waals surface area (Å²) in [7, 11) is 7.01. The third-order valence-corrected chi connectivity index (χ3v) is 10.4. The van der Waals surface area contributed by atoms with E-state index >= 15 is 0 Å². The van der Waals surface area contributed by atoms with Gasteiger partial charge in [0.1, 0.15) is 0 Å². The van der Waals surface area contributed by atoms with Crippen LogP contribution in [0.15, 0.2) is 55.8 Å². The van der Waals surface area contributed by atoms with E-state index in [0.29, 0.717) is 17.1 Å². The number of nitrogens with zero attached hydrogens (tertiary/aromatic N) is 28. The van der Waals surface area contributed by atoms with Crippen LogP contribution >= 0.6 is 0 Å². The van der Waals surface area contributed by atoms with Gasteiger partial charge >= 0.3 is 35.8 Å². The van der Waals surface area contributed by atoms with Gasteiger partial charge in [0, 0.05) is 19.6 Å². The van der Waals surface area contributed by atoms with E-state index in [-0.39, 0.29) is 53.8 Å². The van der Waals surface area contributed by atoms with E-state index in [0.717, 1.165) is 0 Å². The van der Waals surface area contributed by atoms with Crippen LogP contribution in [0.2, 0.25) is 0 Å². The Kier molecular flexibility index (Phi) is 14.1. The predicted molar refractivity (Wildman–Crippen MR) is 231 cm³/mol. The molecule has 9 heterocycles. The fourth-order valence-corrected chi connectivity index (χ4v) is 6.97. The Labute approximate surface area is 420 Å². The molecular formula is C36H36N28O12. The maximum atomic E-state index is 12.4. The Morgan fingerprint density at radius 1 is 0.316 bits per heavy atom. The largest absolute Gasteiger partial charge is 0.464 e. The highest BCUT2D eigenvalue weighted by Gasteiger charge is 2.29. The zero-order valence-electron chi connectivity index (χ0n) is 40.0. The first-order valence-corrected chi connectivity index (χ1v) is 21.3. The van der Waals surface area contributed by atoms with Crippen molar-refractivity contribution in [1.29, 1.82) is 0 Å². The topological polar surface area (TPSA) is 437 Å². The summed E-state index contributed by atoms with van der Waals surface area (Å²) in [5, 5.41) is 73.9. The van der Waals surface area contributed by atoms with E-state index in [9.17, 15) is 28.8 Å². The minimum Gasteiger partial charge on any atom is -0.464 e. The van der Waals surface area contributed by atoms with Gasteiger partial charge in [-0.05, 0) is 0 Å². The molecule has 40 heteroatoms. The van der Waals surface area contributed by atoms with Crippen molar-refractivity contribution >= 4 is 35.8 Å². The van der Waals surface area contributed by atoms with Crippen LogP contribution in [0.3, 0.4) is 0 Å². The highest BCUT2D eigenvalue weighted by Crippen LogP contribution is 2.20. The first-order chi connectivity index (χ1) is 36.8. The molecular weight excluding hydrogens is 1020 g/mol. The lowest BCUT2D eigenvalue weighted by Crippen LogP contribution is -2.28. The van der Waals surface area contributed by atoms with E-state index in [1.165, 1.54) is 141 Å². The molecule has 0 fully saturated rings. The zero-order chi connectivity index (χ0) is 53.6. The van der Waals surface area contributed by atoms with Crippen molar-refractivity contribution < 1.29 is 57.2 Å². The number of esters is 6. The van der Waals surface area contributed by atoms with Gasteiger partial charge in [-0.2, -0.15) is 0 Å². The lowest BCUT2D eigenvalue weighted by Gasteiger charge is -2.19. The molecule has 0 atom stereocenters. The Balaban J connectivity index is 1.08. The van der Waals surface area contributed by atoms with Gasteiger partial charge in [-0.1, -0.05) is 46.9 Å². The molecule has 0 aromatic carbocycles. The number of carbonyl (C=O) groups is 6. The van der Waals surface area contributed by atoms with Gasteiger partial charge < -0.3 is 28.4 Å². The average Bonchev–Trinajstić information content (AvgIpc) is 4.28. The van der Waals surface area contributed by atoms with Gasteiger partial charge in [0.25, 0.3) is 0 Å². The van der Waals surface area contributed by atoms with Crippen LogP contribution in [0.5, 0.6) is 0 Å². The molecule has 9 rings (SSSR count). The fourth-order valence-electron chi connectivity index (χ4n) is 6.97. The molecule has 0 aliphatic rings. The van der Waals surface area contributed by atoms with Gasteiger partial charge in [-0.3, -0.25) is 4.90 Å². The van der Waals surface area contributed by atoms with E-state index in [4.69, 9.17) is 28.4 Å². The Morgan fingerprint density at radius 2 is 0.487 bits per heavy atom. The summed E-state index contributed by atoms with van der Waals surface area (Å²) in [6, 6.07) is 0. The average molecular weight is 1050 g/mol. The molecule has 0 spiro atoms. The van der Waals surface area contributed by atoms with Gasteiger partial charge in [-0.25, -0.2) is 70.9 Å². The standard InChI is InChI=1S/C36H36N28O12/c1-71-28(65)22-13-59(49-40-22)34(60-14-23(41-50-60)29(66)72-2)56-10-19(37-46-56)7-55(8-20-11-57(47-38-20)35(61-15-24(42-51-61)30(67)73-3)62-16-25(43-52-62)31(68)74-4)9-21-12-58(48-39-21)36(63-17-26(44-53-63)32(69)75-5)64-18-27(45-54-64)33(70)76-6/h10-18,34-36H,7-9H2,1-6H3. The maximum Gasteiger partial charge on any atom is 0.360 e. The molecule has 0 radical (unpaired) electrons. The maximum absolute atomic E-state index is 12.4. The lowest BCUT2D eigenvalue weighted by molar-refractivity contribution is 0.0585. The number of ether oxygens (including phenoxy) is 6. The molecule has 0 saturated carbocycles. The molecule has 0 bridgehead atoms. The summed E-state index contributed by atoms with van der Waals surface area (Å²) in [4.78, 5) is 76.2. The van der Waals surface area contributed by atoms with E-state index in [2.05, 4.69) is 92.8 Å². The van der Waals surface area contributed by atoms with Gasteiger partial charge in [0.15, 0.2) is 34.2 Å². The van der Waals surface area contributed by atoms with Crippen LogP contribution in [-0.4, -0.2) is 218 Å². The number of hydrogen-bond acceptors (Lipinski definition) is 31. The monoisotopic (exact) mass is 1050 g/mol. The quantitative estimate of drug-likeness (QED) is 0.0484. The minimum absolute atomic E-state index is 0.0386. The smallest absolute Gasteiger partial charge is 0.360 e.